The van der Waals surface area contributed by atoms with Crippen LogP contribution in [0.5, 0.6) is 0 Å². The number of hydrogen-bond donors (Lipinski definition) is 2. The van der Waals surface area contributed by atoms with Gasteiger partial charge in [-0.05, 0) is 30.2 Å². The number of halogens is 1. The van der Waals surface area contributed by atoms with Gasteiger partial charge in [-0.25, -0.2) is 0 Å². The molecule has 0 spiro atoms. The van der Waals surface area contributed by atoms with E-state index in [4.69, 9.17) is 11.6 Å². The Morgan fingerprint density at radius 2 is 1.58 bits per heavy atom. The number of carbonyl (C=O) groups is 2. The predicted molar refractivity (Wildman–Crippen MR) is 95.6 cm³/mol. The first-order valence-electron chi connectivity index (χ1n) is 7.82. The first kappa shape index (κ1) is 18.0. The second-order valence-electron chi connectivity index (χ2n) is 5.71. The molecule has 0 bridgehead atoms. The molecule has 24 heavy (non-hydrogen) atoms. The Morgan fingerprint density at radius 3 is 2.17 bits per heavy atom. The number of benzene rings is 2. The number of amides is 2. The van der Waals surface area contributed by atoms with Gasteiger partial charge in [-0.3, -0.25) is 9.59 Å². The number of carbonyl (C=O) groups excluding carboxylic acids is 2. The molecule has 0 aliphatic carbocycles. The van der Waals surface area contributed by atoms with Gasteiger partial charge in [0.2, 0.25) is 11.8 Å². The summed E-state index contributed by atoms with van der Waals surface area (Å²) in [7, 11) is 0. The van der Waals surface area contributed by atoms with Crippen LogP contribution in [-0.2, 0) is 9.59 Å². The van der Waals surface area contributed by atoms with Gasteiger partial charge in [-0.2, -0.15) is 0 Å². The van der Waals surface area contributed by atoms with E-state index in [9.17, 15) is 9.59 Å². The molecule has 0 aliphatic rings. The maximum absolute atomic E-state index is 12.4. The van der Waals surface area contributed by atoms with Crippen LogP contribution in [0.25, 0.3) is 0 Å². The summed E-state index contributed by atoms with van der Waals surface area (Å²) >= 11 is 5.88. The van der Waals surface area contributed by atoms with Crippen LogP contribution in [0.2, 0.25) is 5.02 Å². The average molecular weight is 345 g/mol. The lowest BCUT2D eigenvalue weighted by atomic mass is 10.0. The maximum atomic E-state index is 12.4. The molecule has 5 heteroatoms. The molecule has 0 heterocycles. The highest BCUT2D eigenvalue weighted by Crippen LogP contribution is 2.19. The molecule has 126 valence electrons. The number of rotatable bonds is 6. The van der Waals surface area contributed by atoms with E-state index in [2.05, 4.69) is 10.6 Å². The van der Waals surface area contributed by atoms with Crippen molar-refractivity contribution in [3.8, 4) is 0 Å². The summed E-state index contributed by atoms with van der Waals surface area (Å²) in [6, 6.07) is 16.4. The molecule has 0 fully saturated rings. The molecular formula is C19H21ClN2O2. The maximum Gasteiger partial charge on any atom is 0.222 e. The predicted octanol–water partition coefficient (Wildman–Crippen LogP) is 3.78. The highest BCUT2D eigenvalue weighted by Gasteiger charge is 2.18. The van der Waals surface area contributed by atoms with E-state index in [0.717, 1.165) is 11.1 Å². The topological polar surface area (TPSA) is 58.2 Å². The van der Waals surface area contributed by atoms with E-state index in [0.29, 0.717) is 5.02 Å². The van der Waals surface area contributed by atoms with Crippen molar-refractivity contribution in [2.75, 3.05) is 0 Å². The normalized spacial score (nSPS) is 13.0. The van der Waals surface area contributed by atoms with E-state index >= 15 is 0 Å². The van der Waals surface area contributed by atoms with E-state index in [1.807, 2.05) is 49.4 Å². The van der Waals surface area contributed by atoms with Gasteiger partial charge in [0.1, 0.15) is 0 Å². The Kier molecular flexibility index (Phi) is 6.38. The summed E-state index contributed by atoms with van der Waals surface area (Å²) in [5, 5.41) is 6.45. The molecule has 0 aromatic heterocycles. The summed E-state index contributed by atoms with van der Waals surface area (Å²) in [5.74, 6) is -0.289. The molecule has 0 saturated carbocycles. The zero-order chi connectivity index (χ0) is 17.5. The third-order valence-electron chi connectivity index (χ3n) is 3.72. The van der Waals surface area contributed by atoms with Gasteiger partial charge >= 0.3 is 0 Å². The van der Waals surface area contributed by atoms with Crippen LogP contribution in [0, 0.1) is 0 Å². The molecule has 2 aromatic rings. The summed E-state index contributed by atoms with van der Waals surface area (Å²) in [4.78, 5) is 23.8. The second-order valence-corrected chi connectivity index (χ2v) is 6.15. The van der Waals surface area contributed by atoms with Gasteiger partial charge in [0.05, 0.1) is 18.5 Å². The summed E-state index contributed by atoms with van der Waals surface area (Å²) in [6.45, 7) is 3.36. The van der Waals surface area contributed by atoms with Crippen molar-refractivity contribution >= 4 is 23.4 Å². The zero-order valence-electron chi connectivity index (χ0n) is 13.8. The smallest absolute Gasteiger partial charge is 0.222 e. The van der Waals surface area contributed by atoms with Crippen molar-refractivity contribution in [3.63, 3.8) is 0 Å². The zero-order valence-corrected chi connectivity index (χ0v) is 14.5. The van der Waals surface area contributed by atoms with Crippen molar-refractivity contribution in [3.05, 3.63) is 70.7 Å². The van der Waals surface area contributed by atoms with Crippen LogP contribution in [0.3, 0.4) is 0 Å². The summed E-state index contributed by atoms with van der Waals surface area (Å²) in [5.41, 5.74) is 1.88. The molecule has 4 nitrogen and oxygen atoms in total. The lowest BCUT2D eigenvalue weighted by Crippen LogP contribution is -2.33. The van der Waals surface area contributed by atoms with E-state index in [1.54, 1.807) is 12.1 Å². The highest BCUT2D eigenvalue weighted by molar-refractivity contribution is 6.30. The molecule has 0 radical (unpaired) electrons. The van der Waals surface area contributed by atoms with Gasteiger partial charge < -0.3 is 10.6 Å². The van der Waals surface area contributed by atoms with Gasteiger partial charge in [0.15, 0.2) is 0 Å². The molecule has 2 aromatic carbocycles. The van der Waals surface area contributed by atoms with Crippen LogP contribution in [0.4, 0.5) is 0 Å². The van der Waals surface area contributed by atoms with Crippen molar-refractivity contribution in [2.24, 2.45) is 0 Å². The molecule has 2 N–H and O–H groups in total. The van der Waals surface area contributed by atoms with Crippen molar-refractivity contribution in [1.29, 1.82) is 0 Å². The standard InChI is InChI=1S/C19H21ClN2O2/c1-13(15-8-10-17(20)11-9-15)21-19(24)12-18(22-14(2)23)16-6-4-3-5-7-16/h3-11,13,18H,12H2,1-2H3,(H,21,24)(H,22,23)/t13-,18+/m0/s1. The Balaban J connectivity index is 2.02. The van der Waals surface area contributed by atoms with E-state index in [-0.39, 0.29) is 30.3 Å². The fourth-order valence-electron chi connectivity index (χ4n) is 2.50. The first-order valence-corrected chi connectivity index (χ1v) is 8.20. The quantitative estimate of drug-likeness (QED) is 0.837. The average Bonchev–Trinajstić information content (AvgIpc) is 2.55. The van der Waals surface area contributed by atoms with Crippen LogP contribution < -0.4 is 10.6 Å². The fraction of sp³-hybridized carbons (Fsp3) is 0.263. The van der Waals surface area contributed by atoms with Crippen molar-refractivity contribution < 1.29 is 9.59 Å². The lowest BCUT2D eigenvalue weighted by Gasteiger charge is -2.20. The monoisotopic (exact) mass is 344 g/mol. The first-order chi connectivity index (χ1) is 11.5. The third-order valence-corrected chi connectivity index (χ3v) is 3.97. The van der Waals surface area contributed by atoms with Crippen LogP contribution in [0.15, 0.2) is 54.6 Å². The molecule has 0 aliphatic heterocycles. The molecule has 0 saturated heterocycles. The third kappa shape index (κ3) is 5.39. The number of nitrogens with one attached hydrogen (secondary N) is 2. The Hall–Kier alpha value is -2.33. The largest absolute Gasteiger partial charge is 0.350 e. The molecule has 2 rings (SSSR count). The molecule has 0 unspecified atom stereocenters. The second kappa shape index (κ2) is 8.50. The van der Waals surface area contributed by atoms with Gasteiger partial charge in [-0.15, -0.1) is 0 Å². The fourth-order valence-corrected chi connectivity index (χ4v) is 2.63. The van der Waals surface area contributed by atoms with E-state index < -0.39 is 0 Å². The van der Waals surface area contributed by atoms with Gasteiger partial charge in [0.25, 0.3) is 0 Å². The van der Waals surface area contributed by atoms with Crippen molar-refractivity contribution in [2.45, 2.75) is 32.4 Å². The Morgan fingerprint density at radius 1 is 0.958 bits per heavy atom. The van der Waals surface area contributed by atoms with Crippen molar-refractivity contribution in [1.82, 2.24) is 10.6 Å². The molecular weight excluding hydrogens is 324 g/mol. The molecule has 2 atom stereocenters. The summed E-state index contributed by atoms with van der Waals surface area (Å²) < 4.78 is 0. The molecule has 2 amide bonds. The SMILES string of the molecule is CC(=O)N[C@H](CC(=O)N[C@@H](C)c1ccc(Cl)cc1)c1ccccc1. The van der Waals surface area contributed by atoms with Crippen LogP contribution in [-0.4, -0.2) is 11.8 Å². The Bertz CT molecular complexity index is 686. The minimum atomic E-state index is -0.346. The minimum absolute atomic E-state index is 0.125. The van der Waals surface area contributed by atoms with Crippen LogP contribution >= 0.6 is 11.6 Å². The number of hydrogen-bond acceptors (Lipinski definition) is 2. The van der Waals surface area contributed by atoms with E-state index in [1.165, 1.54) is 6.92 Å². The lowest BCUT2D eigenvalue weighted by molar-refractivity contribution is -0.123. The Labute approximate surface area is 147 Å². The van der Waals surface area contributed by atoms with Crippen LogP contribution in [0.1, 0.15) is 43.5 Å². The minimum Gasteiger partial charge on any atom is -0.350 e. The van der Waals surface area contributed by atoms with Gasteiger partial charge in [0, 0.05) is 11.9 Å². The van der Waals surface area contributed by atoms with Gasteiger partial charge in [-0.1, -0.05) is 54.1 Å². The summed E-state index contributed by atoms with van der Waals surface area (Å²) in [6.07, 6.45) is 0.182. The highest BCUT2D eigenvalue weighted by atomic mass is 35.5.